The van der Waals surface area contributed by atoms with Crippen LogP contribution in [0.4, 0.5) is 5.82 Å². The lowest BCUT2D eigenvalue weighted by Crippen LogP contribution is -2.53. The second-order valence-corrected chi connectivity index (χ2v) is 6.85. The third-order valence-corrected chi connectivity index (χ3v) is 5.35. The number of benzene rings is 1. The molecule has 1 aliphatic heterocycles. The van der Waals surface area contributed by atoms with Gasteiger partial charge in [-0.25, -0.2) is 4.98 Å². The van der Waals surface area contributed by atoms with Crippen LogP contribution in [0, 0.1) is 0 Å². The normalized spacial score (nSPS) is 17.6. The maximum Gasteiger partial charge on any atom is 0.278 e. The number of nitrogens with zero attached hydrogens (tertiary/aromatic N) is 4. The summed E-state index contributed by atoms with van der Waals surface area (Å²) < 4.78 is 1.67. The molecular weight excluding hydrogens is 332 g/mol. The summed E-state index contributed by atoms with van der Waals surface area (Å²) in [6.45, 7) is 4.19. The number of imidazole rings is 1. The van der Waals surface area contributed by atoms with Crippen molar-refractivity contribution in [3.63, 3.8) is 0 Å². The molecule has 0 saturated carbocycles. The van der Waals surface area contributed by atoms with Crippen molar-refractivity contribution in [2.45, 2.75) is 45.2 Å². The summed E-state index contributed by atoms with van der Waals surface area (Å²) in [5.74, 6) is 0.223. The molecule has 0 aliphatic carbocycles. The van der Waals surface area contributed by atoms with Gasteiger partial charge in [0.05, 0.1) is 18.5 Å². The number of aromatic nitrogens is 2. The molecule has 1 aromatic heterocycles. The average Bonchev–Trinajstić information content (AvgIpc) is 3.05. The van der Waals surface area contributed by atoms with Gasteiger partial charge >= 0.3 is 0 Å². The Kier molecular flexibility index (Phi) is 4.77. The van der Waals surface area contributed by atoms with Gasteiger partial charge in [-0.15, -0.1) is 0 Å². The van der Waals surface area contributed by atoms with Crippen LogP contribution >= 0.6 is 0 Å². The van der Waals surface area contributed by atoms with E-state index < -0.39 is 12.0 Å². The van der Waals surface area contributed by atoms with Gasteiger partial charge in [0.15, 0.2) is 11.5 Å². The number of amides is 1. The maximum absolute atomic E-state index is 12.8. The zero-order valence-electron chi connectivity index (χ0n) is 15.7. The van der Waals surface area contributed by atoms with Crippen molar-refractivity contribution in [3.8, 4) is 0 Å². The first-order chi connectivity index (χ1) is 12.3. The number of aliphatic hydroxyl groups excluding tert-OH is 1. The Balaban J connectivity index is 1.85. The summed E-state index contributed by atoms with van der Waals surface area (Å²) in [5.41, 5.74) is 1.38. The van der Waals surface area contributed by atoms with Crippen molar-refractivity contribution in [1.29, 1.82) is 0 Å². The molecule has 140 valence electrons. The minimum absolute atomic E-state index is 0.256. The molecule has 0 fully saturated rings. The maximum atomic E-state index is 12.8. The van der Waals surface area contributed by atoms with E-state index >= 15 is 0 Å². The van der Waals surface area contributed by atoms with Crippen molar-refractivity contribution in [1.82, 2.24) is 14.5 Å². The minimum Gasteiger partial charge on any atom is -0.385 e. The van der Waals surface area contributed by atoms with Crippen LogP contribution in [0.2, 0.25) is 0 Å². The van der Waals surface area contributed by atoms with E-state index in [2.05, 4.69) is 4.98 Å². The number of aliphatic hydroxyl groups is 2. The standard InChI is InChI=1S/C19H26N4O3/c1-5-19(26,6-2)14-9-7-13(8-10-14)11-23-17(24)15-16(20-12-21(15)3)22(4)18(23)25/h7-10,12,18,25-26H,5-6,11H2,1-4H3. The largest absolute Gasteiger partial charge is 0.385 e. The lowest BCUT2D eigenvalue weighted by molar-refractivity contribution is -0.000822. The Morgan fingerprint density at radius 1 is 1.15 bits per heavy atom. The topological polar surface area (TPSA) is 81.8 Å². The number of carbonyl (C=O) groups is 1. The van der Waals surface area contributed by atoms with E-state index in [1.165, 1.54) is 4.90 Å². The van der Waals surface area contributed by atoms with E-state index in [9.17, 15) is 15.0 Å². The van der Waals surface area contributed by atoms with Gasteiger partial charge in [-0.1, -0.05) is 38.1 Å². The highest BCUT2D eigenvalue weighted by atomic mass is 16.3. The number of aryl methyl sites for hydroxylation is 1. The molecule has 1 atom stereocenters. The highest BCUT2D eigenvalue weighted by Crippen LogP contribution is 2.30. The number of carbonyl (C=O) groups excluding carboxylic acids is 1. The molecule has 2 heterocycles. The van der Waals surface area contributed by atoms with Gasteiger partial charge in [0.25, 0.3) is 5.91 Å². The summed E-state index contributed by atoms with van der Waals surface area (Å²) in [6.07, 6.45) is 1.77. The fourth-order valence-corrected chi connectivity index (χ4v) is 3.41. The van der Waals surface area contributed by atoms with Crippen molar-refractivity contribution < 1.29 is 15.0 Å². The molecule has 1 amide bonds. The second-order valence-electron chi connectivity index (χ2n) is 6.85. The molecule has 2 aromatic rings. The molecule has 7 nitrogen and oxygen atoms in total. The van der Waals surface area contributed by atoms with Crippen LogP contribution in [0.3, 0.4) is 0 Å². The number of hydrogen-bond acceptors (Lipinski definition) is 5. The van der Waals surface area contributed by atoms with Gasteiger partial charge in [0.1, 0.15) is 0 Å². The zero-order chi connectivity index (χ0) is 19.1. The molecule has 1 unspecified atom stereocenters. The Morgan fingerprint density at radius 2 is 1.77 bits per heavy atom. The molecule has 3 rings (SSSR count). The first kappa shape index (κ1) is 18.4. The molecule has 0 saturated heterocycles. The molecule has 2 N–H and O–H groups in total. The van der Waals surface area contributed by atoms with E-state index in [1.807, 2.05) is 38.1 Å². The fraction of sp³-hybridized carbons (Fsp3) is 0.474. The highest BCUT2D eigenvalue weighted by molar-refractivity contribution is 5.99. The predicted octanol–water partition coefficient (Wildman–Crippen LogP) is 1.80. The van der Waals surface area contributed by atoms with Crippen LogP contribution in [-0.4, -0.2) is 44.0 Å². The molecule has 26 heavy (non-hydrogen) atoms. The van der Waals surface area contributed by atoms with Crippen LogP contribution in [0.5, 0.6) is 0 Å². The minimum atomic E-state index is -1.08. The van der Waals surface area contributed by atoms with Gasteiger partial charge in [0, 0.05) is 14.1 Å². The Morgan fingerprint density at radius 3 is 2.35 bits per heavy atom. The lowest BCUT2D eigenvalue weighted by atomic mass is 9.88. The van der Waals surface area contributed by atoms with Crippen LogP contribution in [0.15, 0.2) is 30.6 Å². The lowest BCUT2D eigenvalue weighted by Gasteiger charge is -2.38. The molecule has 7 heteroatoms. The van der Waals surface area contributed by atoms with E-state index in [0.717, 1.165) is 11.1 Å². The highest BCUT2D eigenvalue weighted by Gasteiger charge is 2.37. The van der Waals surface area contributed by atoms with Gasteiger partial charge in [-0.3, -0.25) is 9.69 Å². The fourth-order valence-electron chi connectivity index (χ4n) is 3.41. The van der Waals surface area contributed by atoms with Crippen LogP contribution < -0.4 is 4.90 Å². The molecule has 0 bridgehead atoms. The van der Waals surface area contributed by atoms with Crippen LogP contribution in [-0.2, 0) is 19.2 Å². The summed E-state index contributed by atoms with van der Waals surface area (Å²) in [4.78, 5) is 20.0. The Bertz CT molecular complexity index is 796. The first-order valence-corrected chi connectivity index (χ1v) is 8.87. The van der Waals surface area contributed by atoms with Crippen LogP contribution in [0.25, 0.3) is 0 Å². The van der Waals surface area contributed by atoms with Crippen LogP contribution in [0.1, 0.15) is 48.3 Å². The van der Waals surface area contributed by atoms with Crippen molar-refractivity contribution in [3.05, 3.63) is 47.4 Å². The summed E-state index contributed by atoms with van der Waals surface area (Å²) >= 11 is 0. The van der Waals surface area contributed by atoms with E-state index in [-0.39, 0.29) is 12.5 Å². The van der Waals surface area contributed by atoms with E-state index in [0.29, 0.717) is 24.4 Å². The Hall–Kier alpha value is -2.38. The van der Waals surface area contributed by atoms with Crippen molar-refractivity contribution >= 4 is 11.7 Å². The number of rotatable bonds is 5. The van der Waals surface area contributed by atoms with E-state index in [1.54, 1.807) is 29.9 Å². The number of anilines is 1. The third kappa shape index (κ3) is 2.87. The van der Waals surface area contributed by atoms with Crippen molar-refractivity contribution in [2.75, 3.05) is 11.9 Å². The molecule has 0 spiro atoms. The molecule has 0 radical (unpaired) electrons. The second kappa shape index (κ2) is 6.74. The predicted molar refractivity (Wildman–Crippen MR) is 98.4 cm³/mol. The van der Waals surface area contributed by atoms with Gasteiger partial charge in [0.2, 0.25) is 6.35 Å². The van der Waals surface area contributed by atoms with Crippen molar-refractivity contribution in [2.24, 2.45) is 7.05 Å². The first-order valence-electron chi connectivity index (χ1n) is 8.87. The zero-order valence-corrected chi connectivity index (χ0v) is 15.7. The summed E-state index contributed by atoms with van der Waals surface area (Å²) in [5, 5.41) is 21.2. The molecule has 1 aliphatic rings. The van der Waals surface area contributed by atoms with Gasteiger partial charge < -0.3 is 19.7 Å². The monoisotopic (exact) mass is 358 g/mol. The molecule has 1 aromatic carbocycles. The summed E-state index contributed by atoms with van der Waals surface area (Å²) in [6, 6.07) is 7.57. The summed E-state index contributed by atoms with van der Waals surface area (Å²) in [7, 11) is 3.47. The number of hydrogen-bond donors (Lipinski definition) is 2. The van der Waals surface area contributed by atoms with Gasteiger partial charge in [-0.05, 0) is 24.0 Å². The molecular formula is C19H26N4O3. The average molecular weight is 358 g/mol. The van der Waals surface area contributed by atoms with Gasteiger partial charge in [-0.2, -0.15) is 0 Å². The van der Waals surface area contributed by atoms with E-state index in [4.69, 9.17) is 0 Å². The quantitative estimate of drug-likeness (QED) is 0.852. The number of fused-ring (bicyclic) bond motifs is 1. The SMILES string of the molecule is CCC(O)(CC)c1ccc(CN2C(=O)c3c(ncn3C)N(C)C2O)cc1. The smallest absolute Gasteiger partial charge is 0.278 e. The Labute approximate surface area is 153 Å². The third-order valence-electron chi connectivity index (χ3n) is 5.35.